The van der Waals surface area contributed by atoms with Crippen LogP contribution in [0.1, 0.15) is 37.0 Å². The highest BCUT2D eigenvalue weighted by molar-refractivity contribution is 5.67. The van der Waals surface area contributed by atoms with Crippen molar-refractivity contribution in [1.82, 2.24) is 29.9 Å². The quantitative estimate of drug-likeness (QED) is 0.371. The van der Waals surface area contributed by atoms with Gasteiger partial charge < -0.3 is 20.1 Å². The van der Waals surface area contributed by atoms with Gasteiger partial charge in [0.1, 0.15) is 11.8 Å². The minimum atomic E-state index is -4.98. The van der Waals surface area contributed by atoms with E-state index < -0.39 is 55.3 Å². The Labute approximate surface area is 208 Å². The average molecular weight is 555 g/mol. The molecule has 38 heavy (non-hydrogen) atoms. The zero-order chi connectivity index (χ0) is 27.8. The molecule has 0 radical (unpaired) electrons. The van der Waals surface area contributed by atoms with Gasteiger partial charge in [0.2, 0.25) is 5.95 Å². The number of aromatic nitrogens is 5. The molecule has 1 aliphatic heterocycles. The summed E-state index contributed by atoms with van der Waals surface area (Å²) in [6, 6.07) is 1.54. The van der Waals surface area contributed by atoms with Crippen molar-refractivity contribution in [3.05, 3.63) is 35.4 Å². The zero-order valence-electron chi connectivity index (χ0n) is 19.5. The standard InChI is InChI=1S/C20H20F7N7O4/c1-8(2)28-18(35)38-11-7-36-16(15(11)21)10-3-13(33-32-10)31-17-30-12(19(22,23)24)4-14-29-9(5-34(14)17)6-37-20(25,26)27/h3-5,8,11,15-16H,6-7H2,1-2H3,(H,28,35)(H2,30,31,32,33)/t11-,15-,16-/m1/s1. The van der Waals surface area contributed by atoms with Crippen molar-refractivity contribution in [2.75, 3.05) is 11.9 Å². The Bertz CT molecular complexity index is 1290. The van der Waals surface area contributed by atoms with Crippen LogP contribution in [0.25, 0.3) is 5.65 Å². The van der Waals surface area contributed by atoms with Crippen molar-refractivity contribution in [2.45, 2.75) is 57.4 Å². The van der Waals surface area contributed by atoms with Crippen LogP contribution in [0, 0.1) is 0 Å². The summed E-state index contributed by atoms with van der Waals surface area (Å²) in [7, 11) is 0. The van der Waals surface area contributed by atoms with Gasteiger partial charge in [-0.3, -0.25) is 14.2 Å². The van der Waals surface area contributed by atoms with Gasteiger partial charge in [-0.2, -0.15) is 18.3 Å². The Morgan fingerprint density at radius 2 is 1.97 bits per heavy atom. The normalized spacial score (nSPS) is 20.3. The number of aromatic amines is 1. The minimum absolute atomic E-state index is 0.0727. The molecule has 3 aromatic rings. The fraction of sp³-hybridized carbons (Fsp3) is 0.500. The highest BCUT2D eigenvalue weighted by Gasteiger charge is 2.42. The Balaban J connectivity index is 1.54. The van der Waals surface area contributed by atoms with Crippen LogP contribution >= 0.6 is 0 Å². The van der Waals surface area contributed by atoms with Crippen LogP contribution in [-0.4, -0.2) is 61.9 Å². The smallest absolute Gasteiger partial charge is 0.441 e. The number of anilines is 2. The summed E-state index contributed by atoms with van der Waals surface area (Å²) >= 11 is 0. The lowest BCUT2D eigenvalue weighted by Gasteiger charge is -2.16. The van der Waals surface area contributed by atoms with Crippen LogP contribution in [0.2, 0.25) is 0 Å². The Kier molecular flexibility index (Phi) is 7.37. The molecule has 3 N–H and O–H groups in total. The first kappa shape index (κ1) is 27.4. The van der Waals surface area contributed by atoms with Crippen molar-refractivity contribution in [3.63, 3.8) is 0 Å². The third-order valence-electron chi connectivity index (χ3n) is 5.07. The number of H-pyrrole nitrogens is 1. The lowest BCUT2D eigenvalue weighted by atomic mass is 10.1. The maximum atomic E-state index is 14.9. The molecular weight excluding hydrogens is 535 g/mol. The van der Waals surface area contributed by atoms with Gasteiger partial charge in [0.15, 0.2) is 23.8 Å². The number of fused-ring (bicyclic) bond motifs is 1. The minimum Gasteiger partial charge on any atom is -0.441 e. The Hall–Kier alpha value is -3.67. The summed E-state index contributed by atoms with van der Waals surface area (Å²) in [4.78, 5) is 19.0. The summed E-state index contributed by atoms with van der Waals surface area (Å²) in [5.74, 6) is -0.609. The van der Waals surface area contributed by atoms with E-state index in [4.69, 9.17) is 9.47 Å². The van der Waals surface area contributed by atoms with E-state index in [0.29, 0.717) is 6.07 Å². The van der Waals surface area contributed by atoms with Crippen LogP contribution in [0.4, 0.5) is 47.3 Å². The first-order chi connectivity index (χ1) is 17.7. The lowest BCUT2D eigenvalue weighted by Crippen LogP contribution is -2.36. The van der Waals surface area contributed by atoms with E-state index in [1.807, 2.05) is 0 Å². The molecule has 18 heteroatoms. The third kappa shape index (κ3) is 6.42. The number of alkyl carbamates (subject to hydrolysis) is 1. The summed E-state index contributed by atoms with van der Waals surface area (Å²) in [5, 5.41) is 11.3. The first-order valence-corrected chi connectivity index (χ1v) is 10.9. The number of carbonyl (C=O) groups excluding carboxylic acids is 1. The van der Waals surface area contributed by atoms with Gasteiger partial charge in [-0.1, -0.05) is 0 Å². The van der Waals surface area contributed by atoms with Gasteiger partial charge in [-0.05, 0) is 13.8 Å². The summed E-state index contributed by atoms with van der Waals surface area (Å²) in [5.41, 5.74) is -1.99. The molecule has 0 unspecified atom stereocenters. The molecule has 208 valence electrons. The monoisotopic (exact) mass is 555 g/mol. The summed E-state index contributed by atoms with van der Waals surface area (Å²) in [6.45, 7) is 2.07. The van der Waals surface area contributed by atoms with Crippen molar-refractivity contribution >= 4 is 23.5 Å². The molecule has 11 nitrogen and oxygen atoms in total. The molecule has 4 heterocycles. The number of nitrogens with zero attached hydrogens (tertiary/aromatic N) is 4. The summed E-state index contributed by atoms with van der Waals surface area (Å²) in [6.07, 6.45) is -13.9. The molecule has 1 amide bonds. The highest BCUT2D eigenvalue weighted by Crippen LogP contribution is 2.34. The largest absolute Gasteiger partial charge is 0.522 e. The number of ether oxygens (including phenoxy) is 3. The van der Waals surface area contributed by atoms with Gasteiger partial charge >= 0.3 is 18.6 Å². The molecule has 4 rings (SSSR count). The topological polar surface area (TPSA) is 128 Å². The second kappa shape index (κ2) is 10.2. The number of hydrogen-bond acceptors (Lipinski definition) is 8. The van der Waals surface area contributed by atoms with E-state index in [2.05, 4.69) is 35.5 Å². The number of hydrogen-bond donors (Lipinski definition) is 3. The van der Waals surface area contributed by atoms with Crippen molar-refractivity contribution in [1.29, 1.82) is 0 Å². The SMILES string of the molecule is CC(C)NC(=O)O[C@@H]1CO[C@H](c2cc(Nc3nc(C(F)(F)F)cc4nc(COC(F)(F)F)cn34)n[nH]2)[C@@H]1F. The zero-order valence-corrected chi connectivity index (χ0v) is 19.5. The molecule has 3 aromatic heterocycles. The molecule has 1 aliphatic rings. The van der Waals surface area contributed by atoms with E-state index in [9.17, 15) is 35.5 Å². The Morgan fingerprint density at radius 1 is 1.24 bits per heavy atom. The molecule has 3 atom stereocenters. The van der Waals surface area contributed by atoms with E-state index in [1.54, 1.807) is 13.8 Å². The number of amides is 1. The fourth-order valence-electron chi connectivity index (χ4n) is 3.50. The van der Waals surface area contributed by atoms with Gasteiger partial charge in [-0.25, -0.2) is 19.2 Å². The van der Waals surface area contributed by atoms with Gasteiger partial charge in [-0.15, -0.1) is 13.2 Å². The van der Waals surface area contributed by atoms with E-state index in [-0.39, 0.29) is 35.5 Å². The van der Waals surface area contributed by atoms with Gasteiger partial charge in [0.05, 0.1) is 24.6 Å². The predicted molar refractivity (Wildman–Crippen MR) is 113 cm³/mol. The number of carbonyl (C=O) groups is 1. The average Bonchev–Trinajstić information content (AvgIpc) is 3.50. The fourth-order valence-corrected chi connectivity index (χ4v) is 3.50. The second-order valence-corrected chi connectivity index (χ2v) is 8.43. The van der Waals surface area contributed by atoms with Gasteiger partial charge in [0.25, 0.3) is 0 Å². The van der Waals surface area contributed by atoms with Crippen molar-refractivity contribution in [3.8, 4) is 0 Å². The molecule has 0 spiro atoms. The maximum absolute atomic E-state index is 14.9. The van der Waals surface area contributed by atoms with Crippen molar-refractivity contribution in [2.24, 2.45) is 0 Å². The van der Waals surface area contributed by atoms with Crippen LogP contribution in [-0.2, 0) is 27.0 Å². The van der Waals surface area contributed by atoms with Gasteiger partial charge in [0, 0.05) is 24.4 Å². The van der Waals surface area contributed by atoms with Crippen LogP contribution in [0.3, 0.4) is 0 Å². The third-order valence-corrected chi connectivity index (χ3v) is 5.07. The van der Waals surface area contributed by atoms with Crippen LogP contribution in [0.5, 0.6) is 0 Å². The highest BCUT2D eigenvalue weighted by atomic mass is 19.4. The number of halogens is 7. The molecule has 1 saturated heterocycles. The van der Waals surface area contributed by atoms with E-state index >= 15 is 0 Å². The Morgan fingerprint density at radius 3 is 2.63 bits per heavy atom. The van der Waals surface area contributed by atoms with Crippen molar-refractivity contribution < 1.29 is 49.7 Å². The number of nitrogens with one attached hydrogen (secondary N) is 3. The first-order valence-electron chi connectivity index (χ1n) is 10.9. The molecule has 0 aromatic carbocycles. The molecule has 1 fully saturated rings. The van der Waals surface area contributed by atoms with E-state index in [0.717, 1.165) is 10.6 Å². The predicted octanol–water partition coefficient (Wildman–Crippen LogP) is 4.16. The lowest BCUT2D eigenvalue weighted by molar-refractivity contribution is -0.330. The maximum Gasteiger partial charge on any atom is 0.522 e. The summed E-state index contributed by atoms with van der Waals surface area (Å²) < 4.78 is 107. The molecular formula is C20H20F7N7O4. The van der Waals surface area contributed by atoms with Crippen LogP contribution in [0.15, 0.2) is 18.3 Å². The van der Waals surface area contributed by atoms with E-state index in [1.165, 1.54) is 6.07 Å². The molecule has 0 aliphatic carbocycles. The molecule has 0 bridgehead atoms. The number of rotatable bonds is 7. The second-order valence-electron chi connectivity index (χ2n) is 8.43. The number of imidazole rings is 1. The number of alkyl halides is 7. The molecule has 0 saturated carbocycles. The van der Waals surface area contributed by atoms with Crippen LogP contribution < -0.4 is 10.6 Å².